The monoisotopic (exact) mass is 520 g/mol. The zero-order chi connectivity index (χ0) is 22.4. The van der Waals surface area contributed by atoms with Crippen LogP contribution >= 0.6 is 27.5 Å². The molecule has 162 valence electrons. The molecule has 0 aliphatic carbocycles. The van der Waals surface area contributed by atoms with E-state index in [-0.39, 0.29) is 17.4 Å². The second-order valence-corrected chi connectivity index (χ2v) is 10.2. The van der Waals surface area contributed by atoms with E-state index in [0.717, 1.165) is 15.6 Å². The van der Waals surface area contributed by atoms with Gasteiger partial charge in [0.2, 0.25) is 15.9 Å². The van der Waals surface area contributed by atoms with Crippen LogP contribution in [0.25, 0.3) is 0 Å². The molecule has 31 heavy (non-hydrogen) atoms. The maximum Gasteiger partial charge on any atom is 0.241 e. The third-order valence-corrected chi connectivity index (χ3v) is 6.96. The smallest absolute Gasteiger partial charge is 0.241 e. The van der Waals surface area contributed by atoms with Gasteiger partial charge in [0, 0.05) is 9.50 Å². The lowest BCUT2D eigenvalue weighted by atomic mass is 10.0. The predicted molar refractivity (Wildman–Crippen MR) is 126 cm³/mol. The molecule has 0 aliphatic heterocycles. The molecule has 0 unspecified atom stereocenters. The van der Waals surface area contributed by atoms with Crippen molar-refractivity contribution < 1.29 is 13.2 Å². The summed E-state index contributed by atoms with van der Waals surface area (Å²) in [6.07, 6.45) is 0.213. The predicted octanol–water partition coefficient (Wildman–Crippen LogP) is 4.87. The number of carbonyl (C=O) groups is 1. The van der Waals surface area contributed by atoms with Crippen LogP contribution in [0.5, 0.6) is 0 Å². The zero-order valence-electron chi connectivity index (χ0n) is 16.8. The van der Waals surface area contributed by atoms with Crippen LogP contribution in [0, 0.1) is 0 Å². The normalized spacial score (nSPS) is 13.4. The highest BCUT2D eigenvalue weighted by molar-refractivity contribution is 9.10. The van der Waals surface area contributed by atoms with Gasteiger partial charge in [-0.25, -0.2) is 8.42 Å². The van der Waals surface area contributed by atoms with Crippen LogP contribution in [0.15, 0.2) is 88.2 Å². The Labute approximate surface area is 196 Å². The Kier molecular flexibility index (Phi) is 7.89. The van der Waals surface area contributed by atoms with E-state index in [0.29, 0.717) is 5.02 Å². The van der Waals surface area contributed by atoms with E-state index in [9.17, 15) is 13.2 Å². The fourth-order valence-corrected chi connectivity index (χ4v) is 4.82. The van der Waals surface area contributed by atoms with Gasteiger partial charge in [-0.3, -0.25) is 4.79 Å². The maximum atomic E-state index is 13.1. The first-order chi connectivity index (χ1) is 14.7. The Morgan fingerprint density at radius 3 is 2.32 bits per heavy atom. The Balaban J connectivity index is 1.83. The van der Waals surface area contributed by atoms with E-state index < -0.39 is 22.0 Å². The van der Waals surface area contributed by atoms with Crippen molar-refractivity contribution in [3.63, 3.8) is 0 Å². The molecule has 3 rings (SSSR count). The van der Waals surface area contributed by atoms with Gasteiger partial charge in [0.15, 0.2) is 0 Å². The molecule has 0 spiro atoms. The van der Waals surface area contributed by atoms with Gasteiger partial charge in [-0.15, -0.1) is 0 Å². The number of sulfonamides is 1. The molecule has 0 aromatic heterocycles. The molecule has 0 bridgehead atoms. The van der Waals surface area contributed by atoms with Crippen LogP contribution in [0.4, 0.5) is 0 Å². The molecule has 3 aromatic rings. The maximum absolute atomic E-state index is 13.1. The number of hydrogen-bond donors (Lipinski definition) is 2. The molecule has 0 heterocycles. The highest BCUT2D eigenvalue weighted by atomic mass is 79.9. The van der Waals surface area contributed by atoms with Crippen molar-refractivity contribution in [2.75, 3.05) is 0 Å². The Bertz CT molecular complexity index is 1140. The van der Waals surface area contributed by atoms with Crippen molar-refractivity contribution in [2.45, 2.75) is 30.3 Å². The van der Waals surface area contributed by atoms with Crippen molar-refractivity contribution >= 4 is 43.5 Å². The fraction of sp³-hybridized carbons (Fsp3) is 0.174. The van der Waals surface area contributed by atoms with E-state index in [1.54, 1.807) is 0 Å². The minimum absolute atomic E-state index is 0.0443. The molecule has 5 nitrogen and oxygen atoms in total. The van der Waals surface area contributed by atoms with Crippen molar-refractivity contribution in [3.05, 3.63) is 99.5 Å². The average Bonchev–Trinajstić information content (AvgIpc) is 2.74. The van der Waals surface area contributed by atoms with Crippen LogP contribution in [0.2, 0.25) is 5.02 Å². The summed E-state index contributed by atoms with van der Waals surface area (Å²) < 4.78 is 29.3. The molecule has 2 atom stereocenters. The van der Waals surface area contributed by atoms with Gasteiger partial charge in [-0.05, 0) is 60.9 Å². The van der Waals surface area contributed by atoms with Gasteiger partial charge in [0.25, 0.3) is 0 Å². The number of nitrogens with one attached hydrogen (secondary N) is 2. The van der Waals surface area contributed by atoms with Crippen LogP contribution in [-0.4, -0.2) is 20.4 Å². The molecule has 0 radical (unpaired) electrons. The van der Waals surface area contributed by atoms with Crippen molar-refractivity contribution in [3.8, 4) is 0 Å². The summed E-state index contributed by atoms with van der Waals surface area (Å²) >= 11 is 9.30. The fourth-order valence-electron chi connectivity index (χ4n) is 3.08. The van der Waals surface area contributed by atoms with E-state index >= 15 is 0 Å². The minimum atomic E-state index is -3.93. The third-order valence-electron chi connectivity index (χ3n) is 4.73. The lowest BCUT2D eigenvalue weighted by molar-refractivity contribution is -0.123. The molecular weight excluding hydrogens is 500 g/mol. The number of benzene rings is 3. The van der Waals surface area contributed by atoms with E-state index in [1.165, 1.54) is 24.3 Å². The molecule has 0 aliphatic rings. The molecule has 0 saturated carbocycles. The van der Waals surface area contributed by atoms with E-state index in [4.69, 9.17) is 11.6 Å². The Morgan fingerprint density at radius 1 is 1.00 bits per heavy atom. The highest BCUT2D eigenvalue weighted by Gasteiger charge is 2.27. The summed E-state index contributed by atoms with van der Waals surface area (Å²) in [6.45, 7) is 1.85. The first-order valence-electron chi connectivity index (χ1n) is 9.62. The summed E-state index contributed by atoms with van der Waals surface area (Å²) in [5.74, 6) is -0.408. The summed E-state index contributed by atoms with van der Waals surface area (Å²) in [4.78, 5) is 13.2. The first kappa shape index (κ1) is 23.5. The summed E-state index contributed by atoms with van der Waals surface area (Å²) in [7, 11) is -3.93. The lowest BCUT2D eigenvalue weighted by Gasteiger charge is -2.22. The van der Waals surface area contributed by atoms with Gasteiger partial charge < -0.3 is 5.32 Å². The first-order valence-corrected chi connectivity index (χ1v) is 12.3. The second-order valence-electron chi connectivity index (χ2n) is 7.10. The molecule has 0 fully saturated rings. The highest BCUT2D eigenvalue weighted by Crippen LogP contribution is 2.19. The Morgan fingerprint density at radius 2 is 1.68 bits per heavy atom. The van der Waals surface area contributed by atoms with Crippen LogP contribution < -0.4 is 10.0 Å². The largest absolute Gasteiger partial charge is 0.348 e. The average molecular weight is 522 g/mol. The zero-order valence-corrected chi connectivity index (χ0v) is 19.9. The molecule has 8 heteroatoms. The van der Waals surface area contributed by atoms with E-state index in [2.05, 4.69) is 26.0 Å². The van der Waals surface area contributed by atoms with Gasteiger partial charge >= 0.3 is 0 Å². The minimum Gasteiger partial charge on any atom is -0.348 e. The summed E-state index contributed by atoms with van der Waals surface area (Å²) in [5, 5.41) is 3.35. The lowest BCUT2D eigenvalue weighted by Crippen LogP contribution is -2.48. The van der Waals surface area contributed by atoms with Crippen LogP contribution in [-0.2, 0) is 21.2 Å². The quantitative estimate of drug-likeness (QED) is 0.444. The summed E-state index contributed by atoms with van der Waals surface area (Å²) in [5.41, 5.74) is 1.75. The third kappa shape index (κ3) is 6.64. The molecule has 3 aromatic carbocycles. The van der Waals surface area contributed by atoms with Gasteiger partial charge in [0.1, 0.15) is 6.04 Å². The molecule has 0 saturated heterocycles. The van der Waals surface area contributed by atoms with Crippen molar-refractivity contribution in [1.82, 2.24) is 10.0 Å². The second kappa shape index (κ2) is 10.4. The van der Waals surface area contributed by atoms with Crippen molar-refractivity contribution in [2.24, 2.45) is 0 Å². The van der Waals surface area contributed by atoms with Crippen LogP contribution in [0.3, 0.4) is 0 Å². The molecule has 2 N–H and O–H groups in total. The van der Waals surface area contributed by atoms with E-state index in [1.807, 2.05) is 61.5 Å². The summed E-state index contributed by atoms with van der Waals surface area (Å²) in [6, 6.07) is 21.4. The standard InChI is InChI=1S/C23H22BrClN2O3S/c1-16(18-8-5-9-19(24)15-18)26-23(28)22(14-17-6-3-2-4-7-17)27-31(29,30)21-12-10-20(25)11-13-21/h2-13,15-16,22,27H,14H2,1H3,(H,26,28)/t16-,22+/m1/s1. The topological polar surface area (TPSA) is 75.3 Å². The van der Waals surface area contributed by atoms with Crippen molar-refractivity contribution in [1.29, 1.82) is 0 Å². The SMILES string of the molecule is C[C@@H](NC(=O)[C@H](Cc1ccccc1)NS(=O)(=O)c1ccc(Cl)cc1)c1cccc(Br)c1. The number of carbonyl (C=O) groups excluding carboxylic acids is 1. The van der Waals surface area contributed by atoms with Gasteiger partial charge in [-0.1, -0.05) is 70.0 Å². The number of hydrogen-bond acceptors (Lipinski definition) is 3. The Hall–Kier alpha value is -2.19. The number of halogens is 2. The van der Waals surface area contributed by atoms with Gasteiger partial charge in [-0.2, -0.15) is 4.72 Å². The van der Waals surface area contributed by atoms with Gasteiger partial charge in [0.05, 0.1) is 10.9 Å². The number of rotatable bonds is 8. The molecule has 1 amide bonds. The van der Waals surface area contributed by atoms with Crippen LogP contribution in [0.1, 0.15) is 24.1 Å². The number of amides is 1. The molecular formula is C23H22BrClN2O3S.